The molecule has 0 radical (unpaired) electrons. The SMILES string of the molecule is Cc1nc2c(Br)cc(Cl)nn2c1I. The Morgan fingerprint density at radius 2 is 2.31 bits per heavy atom. The van der Waals surface area contributed by atoms with Crippen molar-refractivity contribution in [2.75, 3.05) is 0 Å². The van der Waals surface area contributed by atoms with Gasteiger partial charge >= 0.3 is 0 Å². The Hall–Kier alpha value is 0.120. The van der Waals surface area contributed by atoms with Crippen LogP contribution in [0.15, 0.2) is 10.5 Å². The lowest BCUT2D eigenvalue weighted by atomic mass is 10.5. The van der Waals surface area contributed by atoms with Gasteiger partial charge in [0.15, 0.2) is 10.8 Å². The van der Waals surface area contributed by atoms with E-state index in [0.29, 0.717) is 5.15 Å². The van der Waals surface area contributed by atoms with Crippen molar-refractivity contribution < 1.29 is 0 Å². The van der Waals surface area contributed by atoms with Crippen molar-refractivity contribution in [1.29, 1.82) is 0 Å². The van der Waals surface area contributed by atoms with Gasteiger partial charge < -0.3 is 0 Å². The molecule has 6 heteroatoms. The first-order valence-corrected chi connectivity index (χ1v) is 5.71. The Morgan fingerprint density at radius 1 is 1.62 bits per heavy atom. The van der Waals surface area contributed by atoms with E-state index in [9.17, 15) is 0 Å². The molecule has 2 aromatic heterocycles. The highest BCUT2D eigenvalue weighted by Gasteiger charge is 2.10. The second kappa shape index (κ2) is 3.36. The van der Waals surface area contributed by atoms with E-state index < -0.39 is 0 Å². The molecule has 0 amide bonds. The van der Waals surface area contributed by atoms with Crippen LogP contribution in [0, 0.1) is 10.6 Å². The lowest BCUT2D eigenvalue weighted by molar-refractivity contribution is 0.907. The summed E-state index contributed by atoms with van der Waals surface area (Å²) in [5.41, 5.74) is 1.75. The molecule has 0 aliphatic heterocycles. The van der Waals surface area contributed by atoms with Gasteiger partial charge in [-0.3, -0.25) is 0 Å². The van der Waals surface area contributed by atoms with E-state index in [-0.39, 0.29) is 0 Å². The molecule has 2 rings (SSSR count). The van der Waals surface area contributed by atoms with Crippen LogP contribution in [0.1, 0.15) is 5.69 Å². The first-order chi connectivity index (χ1) is 6.09. The summed E-state index contributed by atoms with van der Waals surface area (Å²) in [7, 11) is 0. The Labute approximate surface area is 102 Å². The molecular weight excluding hydrogens is 368 g/mol. The third-order valence-corrected chi connectivity index (χ3v) is 3.62. The topological polar surface area (TPSA) is 30.2 Å². The number of imidazole rings is 1. The molecule has 0 fully saturated rings. The molecule has 0 saturated carbocycles. The average molecular weight is 372 g/mol. The van der Waals surface area contributed by atoms with Gasteiger partial charge in [-0.15, -0.1) is 0 Å². The molecule has 0 aliphatic rings. The van der Waals surface area contributed by atoms with Gasteiger partial charge in [0.2, 0.25) is 0 Å². The van der Waals surface area contributed by atoms with Crippen LogP contribution in [0.2, 0.25) is 5.15 Å². The zero-order valence-corrected chi connectivity index (χ0v) is 11.1. The summed E-state index contributed by atoms with van der Waals surface area (Å²) in [4.78, 5) is 4.34. The number of nitrogens with zero attached hydrogens (tertiary/aromatic N) is 3. The number of rotatable bonds is 0. The number of aromatic nitrogens is 3. The second-order valence-electron chi connectivity index (χ2n) is 2.54. The molecule has 0 bridgehead atoms. The molecule has 68 valence electrons. The van der Waals surface area contributed by atoms with Crippen molar-refractivity contribution in [3.63, 3.8) is 0 Å². The van der Waals surface area contributed by atoms with Crippen LogP contribution in [0.5, 0.6) is 0 Å². The van der Waals surface area contributed by atoms with E-state index in [1.807, 2.05) is 6.92 Å². The number of hydrogen-bond acceptors (Lipinski definition) is 2. The van der Waals surface area contributed by atoms with Crippen LogP contribution in [0.25, 0.3) is 5.65 Å². The Bertz CT molecular complexity index is 482. The fourth-order valence-electron chi connectivity index (χ4n) is 1.04. The number of halogens is 3. The van der Waals surface area contributed by atoms with E-state index in [1.165, 1.54) is 0 Å². The maximum atomic E-state index is 5.81. The maximum absolute atomic E-state index is 5.81. The van der Waals surface area contributed by atoms with E-state index in [0.717, 1.165) is 19.5 Å². The Morgan fingerprint density at radius 3 is 3.00 bits per heavy atom. The van der Waals surface area contributed by atoms with Crippen LogP contribution < -0.4 is 0 Å². The van der Waals surface area contributed by atoms with Gasteiger partial charge in [0.1, 0.15) is 3.70 Å². The van der Waals surface area contributed by atoms with E-state index in [2.05, 4.69) is 48.6 Å². The first-order valence-electron chi connectivity index (χ1n) is 3.46. The van der Waals surface area contributed by atoms with Crippen LogP contribution in [0.4, 0.5) is 0 Å². The third kappa shape index (κ3) is 1.57. The monoisotopic (exact) mass is 371 g/mol. The summed E-state index contributed by atoms with van der Waals surface area (Å²) in [6.07, 6.45) is 0. The lowest BCUT2D eigenvalue weighted by Crippen LogP contribution is -1.94. The quantitative estimate of drug-likeness (QED) is 0.666. The predicted octanol–water partition coefficient (Wildman–Crippen LogP) is 3.06. The summed E-state index contributed by atoms with van der Waals surface area (Å²) in [6, 6.07) is 1.74. The summed E-state index contributed by atoms with van der Waals surface area (Å²) in [5, 5.41) is 4.59. The van der Waals surface area contributed by atoms with E-state index in [1.54, 1.807) is 10.6 Å². The molecule has 13 heavy (non-hydrogen) atoms. The normalized spacial score (nSPS) is 11.1. The Kier molecular flexibility index (Phi) is 2.50. The standard InChI is InChI=1S/C7H4BrClIN3/c1-3-6(10)13-7(11-3)4(8)2-5(9)12-13/h2H,1H3. The van der Waals surface area contributed by atoms with Gasteiger partial charge in [0.05, 0.1) is 10.2 Å². The van der Waals surface area contributed by atoms with Gasteiger partial charge in [-0.1, -0.05) is 11.6 Å². The molecule has 0 unspecified atom stereocenters. The van der Waals surface area contributed by atoms with Crippen LogP contribution in [-0.4, -0.2) is 14.6 Å². The highest BCUT2D eigenvalue weighted by molar-refractivity contribution is 14.1. The van der Waals surface area contributed by atoms with Gasteiger partial charge in [-0.25, -0.2) is 9.50 Å². The molecule has 0 aliphatic carbocycles. The molecule has 3 nitrogen and oxygen atoms in total. The molecule has 0 atom stereocenters. The summed E-state index contributed by atoms with van der Waals surface area (Å²) in [6.45, 7) is 1.94. The zero-order valence-electron chi connectivity index (χ0n) is 6.55. The molecule has 0 saturated heterocycles. The van der Waals surface area contributed by atoms with Crippen LogP contribution in [0.3, 0.4) is 0 Å². The maximum Gasteiger partial charge on any atom is 0.169 e. The average Bonchev–Trinajstić information content (AvgIpc) is 2.32. The molecule has 0 N–H and O–H groups in total. The van der Waals surface area contributed by atoms with Gasteiger partial charge in [0, 0.05) is 0 Å². The van der Waals surface area contributed by atoms with Gasteiger partial charge in [-0.05, 0) is 51.5 Å². The van der Waals surface area contributed by atoms with Crippen molar-refractivity contribution in [2.45, 2.75) is 6.92 Å². The van der Waals surface area contributed by atoms with Gasteiger partial charge in [-0.2, -0.15) is 5.10 Å². The minimum atomic E-state index is 0.453. The number of fused-ring (bicyclic) bond motifs is 1. The minimum absolute atomic E-state index is 0.453. The van der Waals surface area contributed by atoms with Crippen molar-refractivity contribution in [3.8, 4) is 0 Å². The van der Waals surface area contributed by atoms with Crippen LogP contribution >= 0.6 is 50.1 Å². The van der Waals surface area contributed by atoms with Crippen molar-refractivity contribution in [3.05, 3.63) is 25.1 Å². The minimum Gasteiger partial charge on any atom is -0.230 e. The zero-order chi connectivity index (χ0) is 9.59. The molecule has 2 heterocycles. The van der Waals surface area contributed by atoms with E-state index in [4.69, 9.17) is 11.6 Å². The highest BCUT2D eigenvalue weighted by Crippen LogP contribution is 2.22. The van der Waals surface area contributed by atoms with E-state index >= 15 is 0 Å². The Balaban J connectivity index is 2.94. The van der Waals surface area contributed by atoms with Crippen molar-refractivity contribution in [1.82, 2.24) is 14.6 Å². The fraction of sp³-hybridized carbons (Fsp3) is 0.143. The first kappa shape index (κ1) is 9.67. The third-order valence-electron chi connectivity index (χ3n) is 1.61. The highest BCUT2D eigenvalue weighted by atomic mass is 127. The van der Waals surface area contributed by atoms with Gasteiger partial charge in [0.25, 0.3) is 0 Å². The molecule has 0 spiro atoms. The summed E-state index contributed by atoms with van der Waals surface area (Å²) in [5.74, 6) is 0. The lowest BCUT2D eigenvalue weighted by Gasteiger charge is -1.96. The number of hydrogen-bond donors (Lipinski definition) is 0. The second-order valence-corrected chi connectivity index (χ2v) is 4.80. The largest absolute Gasteiger partial charge is 0.230 e. The molecule has 2 aromatic rings. The van der Waals surface area contributed by atoms with Crippen LogP contribution in [-0.2, 0) is 0 Å². The summed E-state index contributed by atoms with van der Waals surface area (Å²) < 4.78 is 3.57. The van der Waals surface area contributed by atoms with Crippen molar-refractivity contribution in [2.24, 2.45) is 0 Å². The smallest absolute Gasteiger partial charge is 0.169 e. The molecule has 0 aromatic carbocycles. The molecular formula is C7H4BrClIN3. The fourth-order valence-corrected chi connectivity index (χ4v) is 2.28. The predicted molar refractivity (Wildman–Crippen MR) is 63.2 cm³/mol. The van der Waals surface area contributed by atoms with Crippen molar-refractivity contribution >= 4 is 55.8 Å². The summed E-state index contributed by atoms with van der Waals surface area (Å²) >= 11 is 11.4. The number of aryl methyl sites for hydroxylation is 1.